The van der Waals surface area contributed by atoms with Gasteiger partial charge < -0.3 is 15.8 Å². The maximum atomic E-state index is 12.2. The zero-order valence-corrected chi connectivity index (χ0v) is 11.5. The van der Waals surface area contributed by atoms with E-state index in [2.05, 4.69) is 5.32 Å². The van der Waals surface area contributed by atoms with Gasteiger partial charge in [-0.1, -0.05) is 12.1 Å². The fourth-order valence-electron chi connectivity index (χ4n) is 1.98. The minimum Gasteiger partial charge on any atom is -0.482 e. The third-order valence-corrected chi connectivity index (χ3v) is 3.44. The van der Waals surface area contributed by atoms with Gasteiger partial charge in [0.15, 0.2) is 6.61 Å². The van der Waals surface area contributed by atoms with Gasteiger partial charge >= 0.3 is 6.18 Å². The Hall–Kier alpha value is -1.76. The van der Waals surface area contributed by atoms with Gasteiger partial charge in [0.25, 0.3) is 0 Å². The fraction of sp³-hybridized carbons (Fsp3) is 0.500. The normalized spacial score (nSPS) is 18.0. The van der Waals surface area contributed by atoms with Crippen LogP contribution in [0.3, 0.4) is 0 Å². The van der Waals surface area contributed by atoms with Crippen molar-refractivity contribution in [2.75, 3.05) is 11.9 Å². The summed E-state index contributed by atoms with van der Waals surface area (Å²) in [6.07, 6.45) is -2.67. The van der Waals surface area contributed by atoms with Crippen LogP contribution in [0.2, 0.25) is 0 Å². The third kappa shape index (κ3) is 4.10. The molecule has 4 nitrogen and oxygen atoms in total. The van der Waals surface area contributed by atoms with Gasteiger partial charge in [0.2, 0.25) is 5.91 Å². The highest BCUT2D eigenvalue weighted by Gasteiger charge is 2.44. The second-order valence-corrected chi connectivity index (χ2v) is 5.41. The number of ether oxygens (including phenoxy) is 1. The van der Waals surface area contributed by atoms with E-state index in [-0.39, 0.29) is 17.4 Å². The lowest BCUT2D eigenvalue weighted by molar-refractivity contribution is -0.153. The Balaban J connectivity index is 2.07. The predicted octanol–water partition coefficient (Wildman–Crippen LogP) is 2.69. The van der Waals surface area contributed by atoms with Crippen LogP contribution in [0, 0.1) is 5.92 Å². The van der Waals surface area contributed by atoms with Crippen LogP contribution >= 0.6 is 0 Å². The molecule has 1 aromatic rings. The highest BCUT2D eigenvalue weighted by atomic mass is 19.4. The minimum absolute atomic E-state index is 0.0326. The van der Waals surface area contributed by atoms with E-state index in [0.717, 1.165) is 12.8 Å². The lowest BCUT2D eigenvalue weighted by atomic mass is 9.96. The lowest BCUT2D eigenvalue weighted by Gasteiger charge is -2.24. The molecule has 1 aliphatic carbocycles. The average molecular weight is 302 g/mol. The first kappa shape index (κ1) is 15.6. The molecule has 0 radical (unpaired) electrons. The molecule has 2 rings (SSSR count). The number of benzene rings is 1. The summed E-state index contributed by atoms with van der Waals surface area (Å²) in [4.78, 5) is 12.2. The molecule has 7 heteroatoms. The number of alkyl halides is 3. The molecule has 0 spiro atoms. The summed E-state index contributed by atoms with van der Waals surface area (Å²) >= 11 is 0. The number of hydrogen-bond donors (Lipinski definition) is 2. The zero-order valence-electron chi connectivity index (χ0n) is 11.5. The number of anilines is 1. The van der Waals surface area contributed by atoms with Crippen LogP contribution in [0.5, 0.6) is 5.75 Å². The smallest absolute Gasteiger partial charge is 0.422 e. The van der Waals surface area contributed by atoms with Crippen LogP contribution in [0.15, 0.2) is 24.3 Å². The predicted molar refractivity (Wildman–Crippen MR) is 71.9 cm³/mol. The highest BCUT2D eigenvalue weighted by Crippen LogP contribution is 2.39. The van der Waals surface area contributed by atoms with Gasteiger partial charge in [-0.3, -0.25) is 4.79 Å². The molecule has 21 heavy (non-hydrogen) atoms. The number of hydrogen-bond acceptors (Lipinski definition) is 3. The van der Waals surface area contributed by atoms with Crippen molar-refractivity contribution in [3.05, 3.63) is 24.3 Å². The molecule has 0 aliphatic heterocycles. The van der Waals surface area contributed by atoms with E-state index in [1.807, 2.05) is 0 Å². The number of carbonyl (C=O) groups is 1. The number of para-hydroxylation sites is 2. The van der Waals surface area contributed by atoms with Crippen LogP contribution in [-0.4, -0.2) is 24.2 Å². The summed E-state index contributed by atoms with van der Waals surface area (Å²) in [6.45, 7) is 0.210. The molecule has 0 aromatic heterocycles. The number of carbonyl (C=O) groups excluding carboxylic acids is 1. The first-order valence-electron chi connectivity index (χ1n) is 6.59. The van der Waals surface area contributed by atoms with E-state index in [1.54, 1.807) is 13.0 Å². The monoisotopic (exact) mass is 302 g/mol. The van der Waals surface area contributed by atoms with E-state index >= 15 is 0 Å². The van der Waals surface area contributed by atoms with Gasteiger partial charge in [-0.15, -0.1) is 0 Å². The van der Waals surface area contributed by atoms with Crippen molar-refractivity contribution in [3.63, 3.8) is 0 Å². The largest absolute Gasteiger partial charge is 0.482 e. The van der Waals surface area contributed by atoms with Crippen LogP contribution < -0.4 is 15.8 Å². The molecule has 1 atom stereocenters. The molecule has 116 valence electrons. The maximum Gasteiger partial charge on any atom is 0.422 e. The topological polar surface area (TPSA) is 64.4 Å². The van der Waals surface area contributed by atoms with E-state index in [1.165, 1.54) is 18.2 Å². The van der Waals surface area contributed by atoms with Gasteiger partial charge in [-0.05, 0) is 37.8 Å². The molecule has 1 unspecified atom stereocenters. The summed E-state index contributed by atoms with van der Waals surface area (Å²) in [5, 5.41) is 2.55. The molecule has 1 aliphatic rings. The van der Waals surface area contributed by atoms with Crippen LogP contribution in [0.4, 0.5) is 18.9 Å². The van der Waals surface area contributed by atoms with Gasteiger partial charge in [0.05, 0.1) is 11.2 Å². The quantitative estimate of drug-likeness (QED) is 0.879. The molecule has 3 N–H and O–H groups in total. The van der Waals surface area contributed by atoms with Gasteiger partial charge in [0.1, 0.15) is 5.75 Å². The SMILES string of the molecule is CC(N)(C(=O)Nc1ccccc1OCC(F)(F)F)C1CC1. The first-order chi connectivity index (χ1) is 9.70. The summed E-state index contributed by atoms with van der Waals surface area (Å²) in [5.74, 6) is -0.344. The third-order valence-electron chi connectivity index (χ3n) is 3.44. The number of rotatable bonds is 5. The second kappa shape index (κ2) is 5.55. The Morgan fingerprint density at radius 2 is 2.00 bits per heavy atom. The van der Waals surface area contributed by atoms with Crippen LogP contribution in [0.1, 0.15) is 19.8 Å². The fourth-order valence-corrected chi connectivity index (χ4v) is 1.98. The molecular formula is C14H17F3N2O2. The number of halogens is 3. The molecule has 1 fully saturated rings. The lowest BCUT2D eigenvalue weighted by Crippen LogP contribution is -2.50. The summed E-state index contributed by atoms with van der Waals surface area (Å²) in [5.41, 5.74) is 5.13. The molecule has 0 heterocycles. The molecule has 1 aromatic carbocycles. The summed E-state index contributed by atoms with van der Waals surface area (Å²) in [6, 6.07) is 5.98. The average Bonchev–Trinajstić information content (AvgIpc) is 3.21. The van der Waals surface area contributed by atoms with Crippen LogP contribution in [0.25, 0.3) is 0 Å². The Kier molecular flexibility index (Phi) is 4.13. The molecule has 0 saturated heterocycles. The Morgan fingerprint density at radius 1 is 1.38 bits per heavy atom. The molecule has 1 saturated carbocycles. The van der Waals surface area contributed by atoms with Crippen molar-refractivity contribution in [1.29, 1.82) is 0 Å². The van der Waals surface area contributed by atoms with E-state index in [9.17, 15) is 18.0 Å². The van der Waals surface area contributed by atoms with Gasteiger partial charge in [0, 0.05) is 0 Å². The maximum absolute atomic E-state index is 12.2. The highest BCUT2D eigenvalue weighted by molar-refractivity contribution is 5.99. The number of nitrogens with two attached hydrogens (primary N) is 1. The zero-order chi connectivity index (χ0) is 15.7. The van der Waals surface area contributed by atoms with Crippen LogP contribution in [-0.2, 0) is 4.79 Å². The van der Waals surface area contributed by atoms with Crippen molar-refractivity contribution in [2.45, 2.75) is 31.5 Å². The van der Waals surface area contributed by atoms with E-state index < -0.39 is 24.2 Å². The first-order valence-corrected chi connectivity index (χ1v) is 6.59. The summed E-state index contributed by atoms with van der Waals surface area (Å²) < 4.78 is 41.3. The Bertz CT molecular complexity index is 525. The van der Waals surface area contributed by atoms with Gasteiger partial charge in [-0.25, -0.2) is 0 Å². The second-order valence-electron chi connectivity index (χ2n) is 5.41. The molecule has 0 bridgehead atoms. The van der Waals surface area contributed by atoms with E-state index in [0.29, 0.717) is 0 Å². The van der Waals surface area contributed by atoms with Crippen molar-refractivity contribution in [2.24, 2.45) is 11.7 Å². The van der Waals surface area contributed by atoms with Crippen molar-refractivity contribution >= 4 is 11.6 Å². The number of nitrogens with one attached hydrogen (secondary N) is 1. The Morgan fingerprint density at radius 3 is 2.57 bits per heavy atom. The Labute approximate surface area is 120 Å². The summed E-state index contributed by atoms with van der Waals surface area (Å²) in [7, 11) is 0. The molecule has 1 amide bonds. The van der Waals surface area contributed by atoms with Crippen molar-refractivity contribution < 1.29 is 22.7 Å². The minimum atomic E-state index is -4.44. The standard InChI is InChI=1S/C14H17F3N2O2/c1-13(18,9-6-7-9)12(20)19-10-4-2-3-5-11(10)21-8-14(15,16)17/h2-5,9H,6-8,18H2,1H3,(H,19,20). The molecular weight excluding hydrogens is 285 g/mol. The van der Waals surface area contributed by atoms with E-state index in [4.69, 9.17) is 10.5 Å². The van der Waals surface area contributed by atoms with Crippen molar-refractivity contribution in [3.8, 4) is 5.75 Å². The number of amides is 1. The van der Waals surface area contributed by atoms with Crippen molar-refractivity contribution in [1.82, 2.24) is 0 Å². The van der Waals surface area contributed by atoms with Gasteiger partial charge in [-0.2, -0.15) is 13.2 Å².